The molecule has 0 aliphatic carbocycles. The summed E-state index contributed by atoms with van der Waals surface area (Å²) in [5.41, 5.74) is 2.56. The number of rotatable bonds is 8. The number of hydrogen-bond acceptors (Lipinski definition) is 7. The summed E-state index contributed by atoms with van der Waals surface area (Å²) in [5, 5.41) is 5.12. The van der Waals surface area contributed by atoms with E-state index in [0.717, 1.165) is 33.8 Å². The predicted octanol–water partition coefficient (Wildman–Crippen LogP) is 3.32. The average molecular weight is 438 g/mol. The summed E-state index contributed by atoms with van der Waals surface area (Å²) in [4.78, 5) is 23.3. The Morgan fingerprint density at radius 1 is 1.36 bits per heavy atom. The Morgan fingerprint density at radius 3 is 3.00 bits per heavy atom. The Labute approximate surface area is 161 Å². The molecule has 0 bridgehead atoms. The van der Waals surface area contributed by atoms with Crippen LogP contribution in [0.5, 0.6) is 0 Å². The first-order valence-electron chi connectivity index (χ1n) is 7.60. The summed E-state index contributed by atoms with van der Waals surface area (Å²) in [7, 11) is 0. The minimum Gasteiger partial charge on any atom is -0.355 e. The van der Waals surface area contributed by atoms with Gasteiger partial charge in [0, 0.05) is 54.0 Å². The molecule has 3 heterocycles. The third kappa shape index (κ3) is 5.38. The summed E-state index contributed by atoms with van der Waals surface area (Å²) in [6.45, 7) is 0.720. The van der Waals surface area contributed by atoms with Gasteiger partial charge in [-0.25, -0.2) is 4.98 Å². The van der Waals surface area contributed by atoms with E-state index in [1.54, 1.807) is 30.4 Å². The van der Waals surface area contributed by atoms with E-state index in [0.29, 0.717) is 17.9 Å². The van der Waals surface area contributed by atoms with Crippen LogP contribution in [0.25, 0.3) is 0 Å². The third-order valence-corrected chi connectivity index (χ3v) is 5.99. The van der Waals surface area contributed by atoms with E-state index in [-0.39, 0.29) is 5.56 Å². The van der Waals surface area contributed by atoms with Gasteiger partial charge in [-0.3, -0.25) is 14.8 Å². The second-order valence-corrected chi connectivity index (χ2v) is 7.80. The molecule has 0 fully saturated rings. The SMILES string of the molecule is O=c1[nH]c(NCCSCc2nscc2Br)ncc1Cc1cccnc1. The molecule has 0 amide bonds. The van der Waals surface area contributed by atoms with Crippen molar-refractivity contribution < 1.29 is 0 Å². The van der Waals surface area contributed by atoms with Crippen molar-refractivity contribution in [2.75, 3.05) is 17.6 Å². The fourth-order valence-electron chi connectivity index (χ4n) is 2.11. The zero-order valence-electron chi connectivity index (χ0n) is 13.2. The fourth-order valence-corrected chi connectivity index (χ4v) is 4.35. The smallest absolute Gasteiger partial charge is 0.255 e. The van der Waals surface area contributed by atoms with Gasteiger partial charge in [-0.15, -0.1) is 0 Å². The standard InChI is InChI=1S/C16H16BrN5OS2/c17-13-9-25-22-14(13)10-24-5-4-19-16-20-8-12(15(23)21-16)6-11-2-1-3-18-7-11/h1-3,7-9H,4-6,10H2,(H2,19,20,21,23). The summed E-state index contributed by atoms with van der Waals surface area (Å²) in [6.07, 6.45) is 5.61. The van der Waals surface area contributed by atoms with Crippen LogP contribution < -0.4 is 10.9 Å². The lowest BCUT2D eigenvalue weighted by molar-refractivity contribution is 1.00. The number of thioether (sulfide) groups is 1. The lowest BCUT2D eigenvalue weighted by Gasteiger charge is -2.06. The van der Waals surface area contributed by atoms with Crippen LogP contribution in [0.15, 0.2) is 45.4 Å². The van der Waals surface area contributed by atoms with Crippen LogP contribution in [-0.2, 0) is 12.2 Å². The van der Waals surface area contributed by atoms with Crippen molar-refractivity contribution in [1.82, 2.24) is 19.3 Å². The maximum atomic E-state index is 12.2. The molecular formula is C16H16BrN5OS2. The largest absolute Gasteiger partial charge is 0.355 e. The Balaban J connectivity index is 1.46. The first kappa shape index (κ1) is 18.1. The van der Waals surface area contributed by atoms with E-state index in [4.69, 9.17) is 0 Å². The zero-order chi connectivity index (χ0) is 17.5. The van der Waals surface area contributed by atoms with Gasteiger partial charge in [-0.1, -0.05) is 6.07 Å². The second-order valence-electron chi connectivity index (χ2n) is 5.21. The number of halogens is 1. The molecule has 6 nitrogen and oxygen atoms in total. The van der Waals surface area contributed by atoms with E-state index >= 15 is 0 Å². The number of aromatic amines is 1. The number of H-pyrrole nitrogens is 1. The molecular weight excluding hydrogens is 422 g/mol. The molecule has 0 spiro atoms. The van der Waals surface area contributed by atoms with Gasteiger partial charge >= 0.3 is 0 Å². The van der Waals surface area contributed by atoms with Crippen molar-refractivity contribution in [3.63, 3.8) is 0 Å². The second kappa shape index (κ2) is 9.12. The molecule has 3 aromatic rings. The van der Waals surface area contributed by atoms with Crippen LogP contribution in [0.3, 0.4) is 0 Å². The van der Waals surface area contributed by atoms with Crippen LogP contribution in [0, 0.1) is 0 Å². The molecule has 0 saturated carbocycles. The molecule has 0 unspecified atom stereocenters. The van der Waals surface area contributed by atoms with Gasteiger partial charge in [0.25, 0.3) is 5.56 Å². The lowest BCUT2D eigenvalue weighted by Crippen LogP contribution is -2.18. The van der Waals surface area contributed by atoms with Gasteiger partial charge in [0.2, 0.25) is 5.95 Å². The Morgan fingerprint density at radius 2 is 2.28 bits per heavy atom. The lowest BCUT2D eigenvalue weighted by atomic mass is 10.1. The minimum absolute atomic E-state index is 0.125. The average Bonchev–Trinajstić information content (AvgIpc) is 3.03. The topological polar surface area (TPSA) is 83.6 Å². The first-order chi connectivity index (χ1) is 12.2. The Bertz CT molecular complexity index is 868. The quantitative estimate of drug-likeness (QED) is 0.525. The highest BCUT2D eigenvalue weighted by molar-refractivity contribution is 9.10. The molecule has 0 saturated heterocycles. The van der Waals surface area contributed by atoms with Crippen molar-refractivity contribution in [2.45, 2.75) is 12.2 Å². The summed E-state index contributed by atoms with van der Waals surface area (Å²) in [5.74, 6) is 2.25. The summed E-state index contributed by atoms with van der Waals surface area (Å²) in [6, 6.07) is 3.80. The van der Waals surface area contributed by atoms with Crippen LogP contribution in [-0.4, -0.2) is 31.6 Å². The van der Waals surface area contributed by atoms with Gasteiger partial charge in [0.05, 0.1) is 10.2 Å². The maximum absolute atomic E-state index is 12.2. The molecule has 0 atom stereocenters. The highest BCUT2D eigenvalue weighted by atomic mass is 79.9. The zero-order valence-corrected chi connectivity index (χ0v) is 16.5. The number of hydrogen-bond donors (Lipinski definition) is 2. The maximum Gasteiger partial charge on any atom is 0.255 e. The summed E-state index contributed by atoms with van der Waals surface area (Å²) < 4.78 is 5.38. The molecule has 3 aromatic heterocycles. The molecule has 0 radical (unpaired) electrons. The third-order valence-electron chi connectivity index (χ3n) is 3.36. The van der Waals surface area contributed by atoms with Crippen molar-refractivity contribution in [3.05, 3.63) is 67.8 Å². The van der Waals surface area contributed by atoms with Crippen LogP contribution in [0.4, 0.5) is 5.95 Å². The van der Waals surface area contributed by atoms with Crippen molar-refractivity contribution >= 4 is 45.2 Å². The molecule has 0 aliphatic heterocycles. The number of nitrogens with one attached hydrogen (secondary N) is 2. The number of anilines is 1. The van der Waals surface area contributed by atoms with E-state index in [9.17, 15) is 4.79 Å². The number of pyridine rings is 1. The van der Waals surface area contributed by atoms with Gasteiger partial charge in [0.1, 0.15) is 0 Å². The highest BCUT2D eigenvalue weighted by Gasteiger charge is 2.05. The normalized spacial score (nSPS) is 10.8. The summed E-state index contributed by atoms with van der Waals surface area (Å²) >= 11 is 6.71. The van der Waals surface area contributed by atoms with Crippen molar-refractivity contribution in [2.24, 2.45) is 0 Å². The highest BCUT2D eigenvalue weighted by Crippen LogP contribution is 2.22. The van der Waals surface area contributed by atoms with E-state index in [1.165, 1.54) is 11.5 Å². The fraction of sp³-hybridized carbons (Fsp3) is 0.250. The number of aromatic nitrogens is 4. The van der Waals surface area contributed by atoms with Crippen LogP contribution >= 0.6 is 39.2 Å². The molecule has 0 aromatic carbocycles. The molecule has 130 valence electrons. The van der Waals surface area contributed by atoms with Crippen molar-refractivity contribution in [1.29, 1.82) is 0 Å². The van der Waals surface area contributed by atoms with Gasteiger partial charge in [0.15, 0.2) is 0 Å². The minimum atomic E-state index is -0.125. The Hall–Kier alpha value is -1.71. The van der Waals surface area contributed by atoms with Crippen LogP contribution in [0.2, 0.25) is 0 Å². The Kier molecular flexibility index (Phi) is 6.60. The van der Waals surface area contributed by atoms with Crippen LogP contribution in [0.1, 0.15) is 16.8 Å². The van der Waals surface area contributed by atoms with E-state index < -0.39 is 0 Å². The molecule has 0 aliphatic rings. The van der Waals surface area contributed by atoms with Gasteiger partial charge in [-0.2, -0.15) is 16.1 Å². The number of nitrogens with zero attached hydrogens (tertiary/aromatic N) is 3. The molecule has 3 rings (SSSR count). The molecule has 25 heavy (non-hydrogen) atoms. The van der Waals surface area contributed by atoms with Gasteiger partial charge in [-0.05, 0) is 39.1 Å². The first-order valence-corrected chi connectivity index (χ1v) is 10.4. The predicted molar refractivity (Wildman–Crippen MR) is 106 cm³/mol. The van der Waals surface area contributed by atoms with E-state index in [1.807, 2.05) is 17.5 Å². The van der Waals surface area contributed by atoms with Crippen molar-refractivity contribution in [3.8, 4) is 0 Å². The molecule has 9 heteroatoms. The monoisotopic (exact) mass is 437 g/mol. The van der Waals surface area contributed by atoms with Gasteiger partial charge < -0.3 is 5.32 Å². The van der Waals surface area contributed by atoms with E-state index in [2.05, 4.69) is 40.6 Å². The molecule has 2 N–H and O–H groups in total.